The minimum atomic E-state index is 0.0504. The molecule has 0 aliphatic heterocycles. The van der Waals surface area contributed by atoms with Gasteiger partial charge in [0, 0.05) is 26.3 Å². The van der Waals surface area contributed by atoms with Gasteiger partial charge in [-0.1, -0.05) is 6.92 Å². The summed E-state index contributed by atoms with van der Waals surface area (Å²) in [4.78, 5) is 17.9. The lowest BCUT2D eigenvalue weighted by atomic mass is 10.2. The SMILES string of the molecule is CCCN(CC(=O)NC)Cc1ccnc(NCC)c1. The van der Waals surface area contributed by atoms with Gasteiger partial charge in [-0.2, -0.15) is 0 Å². The fraction of sp³-hybridized carbons (Fsp3) is 0.571. The summed E-state index contributed by atoms with van der Waals surface area (Å²) in [5.41, 5.74) is 1.17. The van der Waals surface area contributed by atoms with Crippen molar-refractivity contribution in [2.45, 2.75) is 26.8 Å². The molecule has 5 heteroatoms. The highest BCUT2D eigenvalue weighted by atomic mass is 16.1. The van der Waals surface area contributed by atoms with E-state index < -0.39 is 0 Å². The molecule has 2 N–H and O–H groups in total. The van der Waals surface area contributed by atoms with E-state index in [1.54, 1.807) is 13.2 Å². The first-order valence-electron chi connectivity index (χ1n) is 6.81. The van der Waals surface area contributed by atoms with Crippen molar-refractivity contribution >= 4 is 11.7 Å². The average Bonchev–Trinajstić information content (AvgIpc) is 2.39. The highest BCUT2D eigenvalue weighted by molar-refractivity contribution is 5.77. The summed E-state index contributed by atoms with van der Waals surface area (Å²) in [5.74, 6) is 0.936. The zero-order valence-electron chi connectivity index (χ0n) is 12.1. The van der Waals surface area contributed by atoms with Crippen LogP contribution in [0, 0.1) is 0 Å². The molecule has 0 unspecified atom stereocenters. The minimum absolute atomic E-state index is 0.0504. The molecule has 0 saturated heterocycles. The molecule has 1 heterocycles. The van der Waals surface area contributed by atoms with Gasteiger partial charge in [0.25, 0.3) is 0 Å². The molecule has 106 valence electrons. The van der Waals surface area contributed by atoms with Crippen LogP contribution >= 0.6 is 0 Å². The fourth-order valence-corrected chi connectivity index (χ4v) is 1.92. The second kappa shape index (κ2) is 8.48. The maximum absolute atomic E-state index is 11.5. The molecule has 0 aromatic carbocycles. The zero-order chi connectivity index (χ0) is 14.1. The van der Waals surface area contributed by atoms with Gasteiger partial charge < -0.3 is 10.6 Å². The van der Waals surface area contributed by atoms with Crippen LogP contribution in [0.5, 0.6) is 0 Å². The van der Waals surface area contributed by atoms with E-state index in [2.05, 4.69) is 27.4 Å². The summed E-state index contributed by atoms with van der Waals surface area (Å²) in [6.45, 7) is 7.13. The number of likely N-dealkylation sites (N-methyl/N-ethyl adjacent to an activating group) is 1. The lowest BCUT2D eigenvalue weighted by Crippen LogP contribution is -2.35. The Kier molecular flexibility index (Phi) is 6.89. The Morgan fingerprint density at radius 3 is 2.84 bits per heavy atom. The van der Waals surface area contributed by atoms with Crippen LogP contribution in [-0.2, 0) is 11.3 Å². The van der Waals surface area contributed by atoms with E-state index >= 15 is 0 Å². The number of nitrogens with zero attached hydrogens (tertiary/aromatic N) is 2. The average molecular weight is 264 g/mol. The van der Waals surface area contributed by atoms with Gasteiger partial charge >= 0.3 is 0 Å². The van der Waals surface area contributed by atoms with Crippen LogP contribution in [0.1, 0.15) is 25.8 Å². The topological polar surface area (TPSA) is 57.3 Å². The molecule has 1 aromatic heterocycles. The number of carbonyl (C=O) groups excluding carboxylic acids is 1. The van der Waals surface area contributed by atoms with E-state index in [1.807, 2.05) is 19.1 Å². The van der Waals surface area contributed by atoms with Crippen molar-refractivity contribution in [2.75, 3.05) is 32.0 Å². The Hall–Kier alpha value is -1.62. The van der Waals surface area contributed by atoms with Crippen molar-refractivity contribution in [3.63, 3.8) is 0 Å². The Labute approximate surface area is 115 Å². The monoisotopic (exact) mass is 264 g/mol. The highest BCUT2D eigenvalue weighted by Crippen LogP contribution is 2.09. The standard InChI is InChI=1S/C14H24N4O/c1-4-8-18(11-14(19)15-3)10-12-6-7-17-13(9-12)16-5-2/h6-7,9H,4-5,8,10-11H2,1-3H3,(H,15,19)(H,16,17). The van der Waals surface area contributed by atoms with Gasteiger partial charge in [-0.25, -0.2) is 4.98 Å². The van der Waals surface area contributed by atoms with Crippen molar-refractivity contribution in [1.29, 1.82) is 0 Å². The predicted molar refractivity (Wildman–Crippen MR) is 78.0 cm³/mol. The van der Waals surface area contributed by atoms with Crippen molar-refractivity contribution in [2.24, 2.45) is 0 Å². The molecule has 1 amide bonds. The van der Waals surface area contributed by atoms with Gasteiger partial charge in [0.05, 0.1) is 6.54 Å². The summed E-state index contributed by atoms with van der Waals surface area (Å²) < 4.78 is 0. The van der Waals surface area contributed by atoms with Crippen molar-refractivity contribution in [1.82, 2.24) is 15.2 Å². The number of aromatic nitrogens is 1. The first kappa shape index (κ1) is 15.4. The Balaban J connectivity index is 2.66. The third kappa shape index (κ3) is 5.70. The summed E-state index contributed by atoms with van der Waals surface area (Å²) in [6.07, 6.45) is 2.83. The number of nitrogens with one attached hydrogen (secondary N) is 2. The zero-order valence-corrected chi connectivity index (χ0v) is 12.1. The largest absolute Gasteiger partial charge is 0.370 e. The second-order valence-electron chi connectivity index (χ2n) is 4.46. The number of rotatable bonds is 8. The highest BCUT2D eigenvalue weighted by Gasteiger charge is 2.09. The molecule has 0 atom stereocenters. The predicted octanol–water partition coefficient (Wildman–Crippen LogP) is 1.47. The molecule has 0 saturated carbocycles. The Bertz CT molecular complexity index is 395. The third-order valence-electron chi connectivity index (χ3n) is 2.77. The number of hydrogen-bond donors (Lipinski definition) is 2. The van der Waals surface area contributed by atoms with Crippen LogP contribution < -0.4 is 10.6 Å². The van der Waals surface area contributed by atoms with Crippen LogP contribution in [0.15, 0.2) is 18.3 Å². The maximum Gasteiger partial charge on any atom is 0.233 e. The minimum Gasteiger partial charge on any atom is -0.370 e. The fourth-order valence-electron chi connectivity index (χ4n) is 1.92. The van der Waals surface area contributed by atoms with Gasteiger partial charge in [0.1, 0.15) is 5.82 Å². The molecule has 0 fully saturated rings. The molecule has 19 heavy (non-hydrogen) atoms. The number of amides is 1. The van der Waals surface area contributed by atoms with Crippen LogP contribution in [-0.4, -0.2) is 42.5 Å². The lowest BCUT2D eigenvalue weighted by molar-refractivity contribution is -0.121. The first-order valence-corrected chi connectivity index (χ1v) is 6.81. The van der Waals surface area contributed by atoms with E-state index in [0.717, 1.165) is 31.9 Å². The number of pyridine rings is 1. The Morgan fingerprint density at radius 1 is 1.42 bits per heavy atom. The summed E-state index contributed by atoms with van der Waals surface area (Å²) in [6, 6.07) is 4.03. The van der Waals surface area contributed by atoms with E-state index in [1.165, 1.54) is 5.56 Å². The van der Waals surface area contributed by atoms with Crippen LogP contribution in [0.2, 0.25) is 0 Å². The second-order valence-corrected chi connectivity index (χ2v) is 4.46. The van der Waals surface area contributed by atoms with Crippen molar-refractivity contribution in [3.05, 3.63) is 23.9 Å². The molecular formula is C14H24N4O. The normalized spacial score (nSPS) is 10.5. The van der Waals surface area contributed by atoms with E-state index in [-0.39, 0.29) is 5.91 Å². The molecule has 0 spiro atoms. The molecule has 0 aliphatic carbocycles. The summed E-state index contributed by atoms with van der Waals surface area (Å²) in [5, 5.41) is 5.86. The van der Waals surface area contributed by atoms with Crippen LogP contribution in [0.3, 0.4) is 0 Å². The molecule has 0 bridgehead atoms. The molecular weight excluding hydrogens is 240 g/mol. The first-order chi connectivity index (χ1) is 9.19. The smallest absolute Gasteiger partial charge is 0.233 e. The van der Waals surface area contributed by atoms with E-state index in [9.17, 15) is 4.79 Å². The van der Waals surface area contributed by atoms with Gasteiger partial charge in [0.2, 0.25) is 5.91 Å². The van der Waals surface area contributed by atoms with E-state index in [4.69, 9.17) is 0 Å². The molecule has 5 nitrogen and oxygen atoms in total. The van der Waals surface area contributed by atoms with Crippen LogP contribution in [0.4, 0.5) is 5.82 Å². The molecule has 1 rings (SSSR count). The molecule has 0 aliphatic rings. The third-order valence-corrected chi connectivity index (χ3v) is 2.77. The van der Waals surface area contributed by atoms with E-state index in [0.29, 0.717) is 6.54 Å². The lowest BCUT2D eigenvalue weighted by Gasteiger charge is -2.21. The Morgan fingerprint density at radius 2 is 2.21 bits per heavy atom. The molecule has 0 radical (unpaired) electrons. The van der Waals surface area contributed by atoms with Crippen molar-refractivity contribution < 1.29 is 4.79 Å². The maximum atomic E-state index is 11.5. The van der Waals surface area contributed by atoms with Crippen molar-refractivity contribution in [3.8, 4) is 0 Å². The van der Waals surface area contributed by atoms with Gasteiger partial charge in [-0.05, 0) is 37.6 Å². The number of carbonyl (C=O) groups is 1. The van der Waals surface area contributed by atoms with Gasteiger partial charge in [0.15, 0.2) is 0 Å². The van der Waals surface area contributed by atoms with Gasteiger partial charge in [-0.3, -0.25) is 9.69 Å². The number of anilines is 1. The quantitative estimate of drug-likeness (QED) is 0.746. The summed E-state index contributed by atoms with van der Waals surface area (Å²) >= 11 is 0. The van der Waals surface area contributed by atoms with Gasteiger partial charge in [-0.15, -0.1) is 0 Å². The van der Waals surface area contributed by atoms with Crippen LogP contribution in [0.25, 0.3) is 0 Å². The summed E-state index contributed by atoms with van der Waals surface area (Å²) in [7, 11) is 1.67. The number of hydrogen-bond acceptors (Lipinski definition) is 4. The molecule has 1 aromatic rings.